The van der Waals surface area contributed by atoms with Gasteiger partial charge >= 0.3 is 0 Å². The van der Waals surface area contributed by atoms with E-state index in [0.717, 1.165) is 22.2 Å². The first kappa shape index (κ1) is 18.7. The van der Waals surface area contributed by atoms with Crippen LogP contribution in [0.4, 0.5) is 15.9 Å². The summed E-state index contributed by atoms with van der Waals surface area (Å²) in [5, 5.41) is 4.04. The third-order valence-corrected chi connectivity index (χ3v) is 4.60. The lowest BCUT2D eigenvalue weighted by molar-refractivity contribution is 0.285. The topological polar surface area (TPSA) is 56.3 Å². The molecule has 3 aromatic carbocycles. The van der Waals surface area contributed by atoms with Gasteiger partial charge in [0, 0.05) is 17.1 Å². The fraction of sp³-hybridized carbons (Fsp3) is 0.130. The zero-order valence-corrected chi connectivity index (χ0v) is 16.1. The van der Waals surface area contributed by atoms with Gasteiger partial charge in [-0.2, -0.15) is 0 Å². The molecule has 0 radical (unpaired) electrons. The van der Waals surface area contributed by atoms with E-state index in [-0.39, 0.29) is 5.82 Å². The molecule has 0 atom stereocenters. The second kappa shape index (κ2) is 8.14. The summed E-state index contributed by atoms with van der Waals surface area (Å²) in [5.41, 5.74) is 3.32. The summed E-state index contributed by atoms with van der Waals surface area (Å²) in [6.07, 6.45) is 1.48. The van der Waals surface area contributed by atoms with Gasteiger partial charge in [-0.05, 0) is 42.3 Å². The highest BCUT2D eigenvalue weighted by Gasteiger charge is 2.13. The van der Waals surface area contributed by atoms with E-state index >= 15 is 0 Å². The number of halogens is 1. The normalized spacial score (nSPS) is 10.7. The molecule has 146 valence electrons. The molecular weight excluding hydrogens is 369 g/mol. The van der Waals surface area contributed by atoms with Crippen molar-refractivity contribution < 1.29 is 13.9 Å². The van der Waals surface area contributed by atoms with Crippen molar-refractivity contribution >= 4 is 22.4 Å². The SMILES string of the molecule is COc1cc2ncnc(Nc3ccc(F)cc3C)c2cc1OCc1ccccc1. The molecule has 4 rings (SSSR count). The molecule has 0 unspecified atom stereocenters. The van der Waals surface area contributed by atoms with E-state index in [1.165, 1.54) is 18.5 Å². The van der Waals surface area contributed by atoms with Gasteiger partial charge in [-0.3, -0.25) is 0 Å². The Morgan fingerprint density at radius 3 is 2.55 bits per heavy atom. The Balaban J connectivity index is 1.70. The monoisotopic (exact) mass is 389 g/mol. The van der Waals surface area contributed by atoms with Crippen molar-refractivity contribution in [3.8, 4) is 11.5 Å². The molecule has 5 nitrogen and oxygen atoms in total. The number of nitrogens with one attached hydrogen (secondary N) is 1. The highest BCUT2D eigenvalue weighted by atomic mass is 19.1. The van der Waals surface area contributed by atoms with Gasteiger partial charge < -0.3 is 14.8 Å². The standard InChI is InChI=1S/C23H20FN3O2/c1-15-10-17(24)8-9-19(15)27-23-18-11-22(29-13-16-6-4-3-5-7-16)21(28-2)12-20(18)25-14-26-23/h3-12,14H,13H2,1-2H3,(H,25,26,27). The van der Waals surface area contributed by atoms with Crippen molar-refractivity contribution in [2.75, 3.05) is 12.4 Å². The van der Waals surface area contributed by atoms with Gasteiger partial charge in [0.25, 0.3) is 0 Å². The van der Waals surface area contributed by atoms with Crippen LogP contribution < -0.4 is 14.8 Å². The number of aryl methyl sites for hydroxylation is 1. The Morgan fingerprint density at radius 1 is 0.966 bits per heavy atom. The minimum absolute atomic E-state index is 0.276. The molecule has 29 heavy (non-hydrogen) atoms. The minimum atomic E-state index is -0.276. The molecule has 0 amide bonds. The van der Waals surface area contributed by atoms with Crippen LogP contribution >= 0.6 is 0 Å². The Morgan fingerprint density at radius 2 is 1.79 bits per heavy atom. The number of methoxy groups -OCH3 is 1. The van der Waals surface area contributed by atoms with Crippen molar-refractivity contribution in [2.45, 2.75) is 13.5 Å². The van der Waals surface area contributed by atoms with Crippen LogP contribution in [-0.4, -0.2) is 17.1 Å². The Hall–Kier alpha value is -3.67. The lowest BCUT2D eigenvalue weighted by Gasteiger charge is -2.14. The number of benzene rings is 3. The van der Waals surface area contributed by atoms with Crippen molar-refractivity contribution in [1.29, 1.82) is 0 Å². The van der Waals surface area contributed by atoms with Gasteiger partial charge in [-0.15, -0.1) is 0 Å². The van der Waals surface area contributed by atoms with E-state index in [4.69, 9.17) is 9.47 Å². The maximum Gasteiger partial charge on any atom is 0.162 e. The molecule has 0 bridgehead atoms. The fourth-order valence-electron chi connectivity index (χ4n) is 3.07. The van der Waals surface area contributed by atoms with Crippen LogP contribution in [0.2, 0.25) is 0 Å². The molecule has 1 N–H and O–H groups in total. The van der Waals surface area contributed by atoms with Crippen molar-refractivity contribution in [2.24, 2.45) is 0 Å². The summed E-state index contributed by atoms with van der Waals surface area (Å²) in [6, 6.07) is 18.2. The van der Waals surface area contributed by atoms with Gasteiger partial charge in [-0.1, -0.05) is 30.3 Å². The molecule has 0 saturated heterocycles. The van der Waals surface area contributed by atoms with E-state index in [1.807, 2.05) is 49.4 Å². The third kappa shape index (κ3) is 4.11. The second-order valence-electron chi connectivity index (χ2n) is 6.60. The number of fused-ring (bicyclic) bond motifs is 1. The van der Waals surface area contributed by atoms with Crippen LogP contribution in [0.1, 0.15) is 11.1 Å². The van der Waals surface area contributed by atoms with Crippen LogP contribution in [0, 0.1) is 12.7 Å². The number of rotatable bonds is 6. The largest absolute Gasteiger partial charge is 0.493 e. The van der Waals surface area contributed by atoms with E-state index < -0.39 is 0 Å². The molecule has 4 aromatic rings. The van der Waals surface area contributed by atoms with Gasteiger partial charge in [0.2, 0.25) is 0 Å². The number of anilines is 2. The smallest absolute Gasteiger partial charge is 0.162 e. The molecule has 1 aromatic heterocycles. The molecule has 0 aliphatic heterocycles. The Kier molecular flexibility index (Phi) is 5.24. The van der Waals surface area contributed by atoms with E-state index in [2.05, 4.69) is 15.3 Å². The van der Waals surface area contributed by atoms with Crippen LogP contribution in [0.25, 0.3) is 10.9 Å². The first-order valence-electron chi connectivity index (χ1n) is 9.16. The average Bonchev–Trinajstić information content (AvgIpc) is 2.74. The van der Waals surface area contributed by atoms with Gasteiger partial charge in [0.05, 0.1) is 12.6 Å². The Bertz CT molecular complexity index is 1150. The highest BCUT2D eigenvalue weighted by molar-refractivity contribution is 5.93. The fourth-order valence-corrected chi connectivity index (χ4v) is 3.07. The highest BCUT2D eigenvalue weighted by Crippen LogP contribution is 2.35. The molecule has 0 fully saturated rings. The first-order valence-corrected chi connectivity index (χ1v) is 9.16. The molecule has 6 heteroatoms. The number of hydrogen-bond acceptors (Lipinski definition) is 5. The molecule has 0 aliphatic rings. The lowest BCUT2D eigenvalue weighted by atomic mass is 10.1. The Labute approximate surface area is 168 Å². The maximum atomic E-state index is 13.4. The maximum absolute atomic E-state index is 13.4. The predicted octanol–water partition coefficient (Wildman–Crippen LogP) is 5.41. The second-order valence-corrected chi connectivity index (χ2v) is 6.60. The summed E-state index contributed by atoms with van der Waals surface area (Å²) < 4.78 is 24.9. The van der Waals surface area contributed by atoms with Crippen molar-refractivity contribution in [3.05, 3.63) is 83.9 Å². The number of ether oxygens (including phenoxy) is 2. The first-order chi connectivity index (χ1) is 14.1. The van der Waals surface area contributed by atoms with Gasteiger partial charge in [0.15, 0.2) is 11.5 Å². The molecular formula is C23H20FN3O2. The summed E-state index contributed by atoms with van der Waals surface area (Å²) in [5.74, 6) is 1.52. The van der Waals surface area contributed by atoms with Crippen LogP contribution in [0.5, 0.6) is 11.5 Å². The molecule has 1 heterocycles. The summed E-state index contributed by atoms with van der Waals surface area (Å²) in [6.45, 7) is 2.25. The zero-order valence-electron chi connectivity index (χ0n) is 16.1. The third-order valence-electron chi connectivity index (χ3n) is 4.60. The van der Waals surface area contributed by atoms with Crippen molar-refractivity contribution in [3.63, 3.8) is 0 Å². The molecule has 0 spiro atoms. The summed E-state index contributed by atoms with van der Waals surface area (Å²) in [7, 11) is 1.60. The number of nitrogens with zero attached hydrogens (tertiary/aromatic N) is 2. The zero-order chi connectivity index (χ0) is 20.2. The summed E-state index contributed by atoms with van der Waals surface area (Å²) >= 11 is 0. The summed E-state index contributed by atoms with van der Waals surface area (Å²) in [4.78, 5) is 8.71. The number of aromatic nitrogens is 2. The van der Waals surface area contributed by atoms with Crippen LogP contribution in [0.15, 0.2) is 67.0 Å². The number of hydrogen-bond donors (Lipinski definition) is 1. The van der Waals surface area contributed by atoms with Crippen molar-refractivity contribution in [1.82, 2.24) is 9.97 Å². The lowest BCUT2D eigenvalue weighted by Crippen LogP contribution is -2.01. The average molecular weight is 389 g/mol. The van der Waals surface area contributed by atoms with Gasteiger partial charge in [-0.25, -0.2) is 14.4 Å². The minimum Gasteiger partial charge on any atom is -0.493 e. The van der Waals surface area contributed by atoms with E-state index in [0.29, 0.717) is 29.4 Å². The molecule has 0 saturated carbocycles. The van der Waals surface area contributed by atoms with Gasteiger partial charge in [0.1, 0.15) is 24.6 Å². The quantitative estimate of drug-likeness (QED) is 0.478. The van der Waals surface area contributed by atoms with E-state index in [1.54, 1.807) is 13.2 Å². The van der Waals surface area contributed by atoms with Crippen LogP contribution in [-0.2, 0) is 6.61 Å². The van der Waals surface area contributed by atoms with E-state index in [9.17, 15) is 4.39 Å². The predicted molar refractivity (Wildman–Crippen MR) is 111 cm³/mol. The van der Waals surface area contributed by atoms with Crippen LogP contribution in [0.3, 0.4) is 0 Å². The molecule has 0 aliphatic carbocycles.